The summed E-state index contributed by atoms with van der Waals surface area (Å²) < 4.78 is 1.49. The third-order valence-electron chi connectivity index (χ3n) is 4.55. The molecule has 7 nitrogen and oxygen atoms in total. The van der Waals surface area contributed by atoms with Gasteiger partial charge in [-0.2, -0.15) is 0 Å². The zero-order valence-electron chi connectivity index (χ0n) is 16.5. The van der Waals surface area contributed by atoms with Crippen LogP contribution in [0.1, 0.15) is 12.0 Å². The van der Waals surface area contributed by atoms with Crippen molar-refractivity contribution in [1.82, 2.24) is 24.9 Å². The van der Waals surface area contributed by atoms with E-state index in [0.717, 1.165) is 18.4 Å². The number of H-pyrrole nitrogens is 1. The third kappa shape index (κ3) is 5.53. The number of benzene rings is 2. The van der Waals surface area contributed by atoms with Crippen LogP contribution in [0.3, 0.4) is 0 Å². The summed E-state index contributed by atoms with van der Waals surface area (Å²) in [6.45, 7) is 0.599. The second-order valence-electron chi connectivity index (χ2n) is 6.88. The lowest BCUT2D eigenvalue weighted by Crippen LogP contribution is -2.26. The Kier molecular flexibility index (Phi) is 6.69. The highest BCUT2D eigenvalue weighted by molar-refractivity contribution is 7.99. The van der Waals surface area contributed by atoms with E-state index < -0.39 is 0 Å². The lowest BCUT2D eigenvalue weighted by molar-refractivity contribution is -0.118. The number of nitrogens with one attached hydrogen (secondary N) is 2. The summed E-state index contributed by atoms with van der Waals surface area (Å²) in [7, 11) is 0. The average Bonchev–Trinajstić information content (AvgIpc) is 3.16. The van der Waals surface area contributed by atoms with E-state index in [9.17, 15) is 9.59 Å². The molecule has 4 rings (SSSR count). The van der Waals surface area contributed by atoms with Gasteiger partial charge in [-0.25, -0.2) is 14.5 Å². The zero-order valence-corrected chi connectivity index (χ0v) is 18.1. The molecule has 0 atom stereocenters. The van der Waals surface area contributed by atoms with Gasteiger partial charge in [0.25, 0.3) is 5.56 Å². The van der Waals surface area contributed by atoms with Crippen LogP contribution in [0.4, 0.5) is 0 Å². The van der Waals surface area contributed by atoms with Crippen molar-refractivity contribution in [2.75, 3.05) is 12.3 Å². The number of thioether (sulfide) groups is 1. The van der Waals surface area contributed by atoms with Crippen LogP contribution >= 0.6 is 23.4 Å². The second-order valence-corrected chi connectivity index (χ2v) is 8.26. The first-order valence-corrected chi connectivity index (χ1v) is 11.1. The van der Waals surface area contributed by atoms with Crippen LogP contribution in [0, 0.1) is 0 Å². The minimum Gasteiger partial charge on any atom is -0.355 e. The molecule has 0 aliphatic heterocycles. The van der Waals surface area contributed by atoms with Crippen molar-refractivity contribution in [2.24, 2.45) is 0 Å². The first-order valence-electron chi connectivity index (χ1n) is 9.78. The summed E-state index contributed by atoms with van der Waals surface area (Å²) in [5, 5.41) is 6.64. The van der Waals surface area contributed by atoms with Crippen molar-refractivity contribution in [1.29, 1.82) is 0 Å². The van der Waals surface area contributed by atoms with Crippen molar-refractivity contribution in [3.8, 4) is 11.4 Å². The molecule has 2 aromatic heterocycles. The van der Waals surface area contributed by atoms with Gasteiger partial charge in [-0.05, 0) is 30.5 Å². The molecule has 0 spiro atoms. The number of aromatic amines is 1. The molecule has 158 valence electrons. The van der Waals surface area contributed by atoms with Crippen LogP contribution < -0.4 is 10.9 Å². The van der Waals surface area contributed by atoms with Crippen molar-refractivity contribution < 1.29 is 4.79 Å². The molecular formula is C22H20ClN5O2S. The van der Waals surface area contributed by atoms with E-state index >= 15 is 0 Å². The van der Waals surface area contributed by atoms with Crippen LogP contribution in [0.2, 0.25) is 5.02 Å². The van der Waals surface area contributed by atoms with Crippen molar-refractivity contribution in [2.45, 2.75) is 18.0 Å². The maximum atomic E-state index is 12.3. The molecule has 0 unspecified atom stereocenters. The molecule has 2 aromatic carbocycles. The number of hydrogen-bond donors (Lipinski definition) is 2. The van der Waals surface area contributed by atoms with E-state index in [1.54, 1.807) is 12.1 Å². The van der Waals surface area contributed by atoms with Gasteiger partial charge in [0.15, 0.2) is 16.6 Å². The monoisotopic (exact) mass is 453 g/mol. The standard InChI is InChI=1S/C22H20ClN5O2S/c23-17-10-4-9-16(12-17)21-25-18-13-19(29)27-28(18)22(26-21)31-14-20(30)24-11-5-8-15-6-2-1-3-7-15/h1-4,6-7,9-10,12-13H,5,8,11,14H2,(H,24,30)(H,27,29). The fourth-order valence-electron chi connectivity index (χ4n) is 3.08. The van der Waals surface area contributed by atoms with E-state index in [2.05, 4.69) is 32.5 Å². The van der Waals surface area contributed by atoms with Crippen LogP contribution in [-0.2, 0) is 11.2 Å². The molecule has 0 aliphatic rings. The van der Waals surface area contributed by atoms with Crippen molar-refractivity contribution >= 4 is 34.9 Å². The minimum atomic E-state index is -0.287. The average molecular weight is 454 g/mol. The van der Waals surface area contributed by atoms with Gasteiger partial charge >= 0.3 is 0 Å². The Hall–Kier alpha value is -3.10. The topological polar surface area (TPSA) is 92.2 Å². The first-order chi connectivity index (χ1) is 15.1. The van der Waals surface area contributed by atoms with Gasteiger partial charge in [-0.3, -0.25) is 14.7 Å². The number of amides is 1. The maximum absolute atomic E-state index is 12.3. The molecule has 1 amide bonds. The minimum absolute atomic E-state index is 0.0939. The molecule has 0 aliphatic carbocycles. The van der Waals surface area contributed by atoms with Gasteiger partial charge in [0.2, 0.25) is 5.91 Å². The summed E-state index contributed by atoms with van der Waals surface area (Å²) in [5.74, 6) is 0.517. The molecule has 31 heavy (non-hydrogen) atoms. The fraction of sp³-hybridized carbons (Fsp3) is 0.182. The molecule has 0 saturated carbocycles. The Labute approximate surface area is 187 Å². The van der Waals surface area contributed by atoms with Crippen molar-refractivity contribution in [3.05, 3.63) is 81.6 Å². The molecule has 0 fully saturated rings. The number of nitrogens with zero attached hydrogens (tertiary/aromatic N) is 3. The lowest BCUT2D eigenvalue weighted by Gasteiger charge is -2.08. The van der Waals surface area contributed by atoms with E-state index in [4.69, 9.17) is 11.6 Å². The molecule has 2 heterocycles. The number of halogens is 1. The van der Waals surface area contributed by atoms with Crippen LogP contribution in [0.5, 0.6) is 0 Å². The second kappa shape index (κ2) is 9.80. The van der Waals surface area contributed by atoms with Crippen LogP contribution in [0.25, 0.3) is 17.0 Å². The smallest absolute Gasteiger partial charge is 0.266 e. The molecule has 2 N–H and O–H groups in total. The van der Waals surface area contributed by atoms with Crippen LogP contribution in [0.15, 0.2) is 70.6 Å². The Morgan fingerprint density at radius 2 is 1.94 bits per heavy atom. The predicted molar refractivity (Wildman–Crippen MR) is 123 cm³/mol. The van der Waals surface area contributed by atoms with Gasteiger partial charge in [-0.1, -0.05) is 65.8 Å². The quantitative estimate of drug-likeness (QED) is 0.314. The maximum Gasteiger partial charge on any atom is 0.266 e. The van der Waals surface area contributed by atoms with E-state index in [-0.39, 0.29) is 17.2 Å². The van der Waals surface area contributed by atoms with E-state index in [0.29, 0.717) is 28.2 Å². The Bertz CT molecular complexity index is 1260. The number of fused-ring (bicyclic) bond motifs is 1. The highest BCUT2D eigenvalue weighted by atomic mass is 35.5. The number of carbonyl (C=O) groups is 1. The number of hydrogen-bond acceptors (Lipinski definition) is 5. The van der Waals surface area contributed by atoms with Gasteiger partial charge in [-0.15, -0.1) is 0 Å². The SMILES string of the molecule is O=C(CSc1nc(-c2cccc(Cl)c2)nc2cc(=O)[nH]n12)NCCCc1ccccc1. The lowest BCUT2D eigenvalue weighted by atomic mass is 10.1. The summed E-state index contributed by atoms with van der Waals surface area (Å²) in [5.41, 5.74) is 2.13. The Balaban J connectivity index is 1.41. The molecule has 0 bridgehead atoms. The fourth-order valence-corrected chi connectivity index (χ4v) is 4.06. The van der Waals surface area contributed by atoms with Crippen LogP contribution in [-0.4, -0.2) is 37.8 Å². The summed E-state index contributed by atoms with van der Waals surface area (Å²) in [6, 6.07) is 18.7. The van der Waals surface area contributed by atoms with Crippen molar-refractivity contribution in [3.63, 3.8) is 0 Å². The largest absolute Gasteiger partial charge is 0.355 e. The molecule has 0 saturated heterocycles. The van der Waals surface area contributed by atoms with E-state index in [1.165, 1.54) is 27.9 Å². The molecule has 4 aromatic rings. The summed E-state index contributed by atoms with van der Waals surface area (Å²) in [4.78, 5) is 33.1. The summed E-state index contributed by atoms with van der Waals surface area (Å²) >= 11 is 7.32. The van der Waals surface area contributed by atoms with Gasteiger partial charge in [0.05, 0.1) is 5.75 Å². The first kappa shape index (κ1) is 21.1. The Morgan fingerprint density at radius 3 is 2.74 bits per heavy atom. The number of rotatable bonds is 8. The van der Waals surface area contributed by atoms with Gasteiger partial charge < -0.3 is 5.32 Å². The zero-order chi connectivity index (χ0) is 21.6. The number of aryl methyl sites for hydroxylation is 1. The predicted octanol–water partition coefficient (Wildman–Crippen LogP) is 3.58. The van der Waals surface area contributed by atoms with E-state index in [1.807, 2.05) is 30.3 Å². The van der Waals surface area contributed by atoms with Gasteiger partial charge in [0, 0.05) is 23.2 Å². The van der Waals surface area contributed by atoms with Gasteiger partial charge in [0.1, 0.15) is 0 Å². The Morgan fingerprint density at radius 1 is 1.10 bits per heavy atom. The highest BCUT2D eigenvalue weighted by Crippen LogP contribution is 2.23. The summed E-state index contributed by atoms with van der Waals surface area (Å²) in [6.07, 6.45) is 1.77. The molecule has 9 heteroatoms. The number of carbonyl (C=O) groups excluding carboxylic acids is 1. The highest BCUT2D eigenvalue weighted by Gasteiger charge is 2.13. The third-order valence-corrected chi connectivity index (χ3v) is 5.72. The number of aromatic nitrogens is 4. The molecular weight excluding hydrogens is 434 g/mol. The molecule has 0 radical (unpaired) electrons. The normalized spacial score (nSPS) is 11.0.